The standard InChI is InChI=1S/C15H9Cl2F2NO/c16-10-2-1-3-12-15(10)14(6-7-20(12)17)21-13-5-4-9(18)8-11(13)19/h1-6,8H,7H2. The van der Waals surface area contributed by atoms with Crippen molar-refractivity contribution in [1.82, 2.24) is 0 Å². The van der Waals surface area contributed by atoms with Gasteiger partial charge in [0.05, 0.1) is 22.8 Å². The van der Waals surface area contributed by atoms with Crippen molar-refractivity contribution in [3.05, 3.63) is 64.7 Å². The molecule has 0 aliphatic carbocycles. The lowest BCUT2D eigenvalue weighted by molar-refractivity contribution is 0.458. The number of rotatable bonds is 2. The van der Waals surface area contributed by atoms with E-state index in [1.54, 1.807) is 24.3 Å². The van der Waals surface area contributed by atoms with Crippen molar-refractivity contribution in [3.63, 3.8) is 0 Å². The van der Waals surface area contributed by atoms with Gasteiger partial charge in [-0.2, -0.15) is 0 Å². The van der Waals surface area contributed by atoms with Crippen LogP contribution in [0, 0.1) is 11.6 Å². The zero-order chi connectivity index (χ0) is 15.0. The van der Waals surface area contributed by atoms with Gasteiger partial charge in [-0.1, -0.05) is 17.7 Å². The normalized spacial score (nSPS) is 13.7. The number of hydrogen-bond donors (Lipinski definition) is 0. The second-order valence-electron chi connectivity index (χ2n) is 4.42. The third kappa shape index (κ3) is 2.69. The van der Waals surface area contributed by atoms with E-state index in [0.717, 1.165) is 12.1 Å². The third-order valence-corrected chi connectivity index (χ3v) is 3.69. The summed E-state index contributed by atoms with van der Waals surface area (Å²) < 4.78 is 33.6. The summed E-state index contributed by atoms with van der Waals surface area (Å²) in [6.45, 7) is 0.382. The molecule has 0 spiro atoms. The summed E-state index contributed by atoms with van der Waals surface area (Å²) in [7, 11) is 0. The van der Waals surface area contributed by atoms with Gasteiger partial charge < -0.3 is 4.74 Å². The minimum Gasteiger partial charge on any atom is -0.454 e. The van der Waals surface area contributed by atoms with E-state index < -0.39 is 11.6 Å². The Morgan fingerprint density at radius 1 is 1.14 bits per heavy atom. The smallest absolute Gasteiger partial charge is 0.168 e. The first kappa shape index (κ1) is 14.2. The van der Waals surface area contributed by atoms with E-state index in [9.17, 15) is 8.78 Å². The van der Waals surface area contributed by atoms with Crippen LogP contribution in [0.1, 0.15) is 5.56 Å². The summed E-state index contributed by atoms with van der Waals surface area (Å²) in [4.78, 5) is 0. The molecule has 2 aromatic rings. The van der Waals surface area contributed by atoms with E-state index in [-0.39, 0.29) is 5.75 Å². The van der Waals surface area contributed by atoms with Gasteiger partial charge in [0, 0.05) is 17.8 Å². The Balaban J connectivity index is 2.01. The van der Waals surface area contributed by atoms with E-state index in [1.807, 2.05) is 0 Å². The quantitative estimate of drug-likeness (QED) is 0.719. The van der Waals surface area contributed by atoms with Gasteiger partial charge in [0.2, 0.25) is 0 Å². The molecule has 0 amide bonds. The van der Waals surface area contributed by atoms with Crippen LogP contribution in [0.2, 0.25) is 5.02 Å². The lowest BCUT2D eigenvalue weighted by Crippen LogP contribution is -2.18. The zero-order valence-corrected chi connectivity index (χ0v) is 12.1. The van der Waals surface area contributed by atoms with Crippen molar-refractivity contribution < 1.29 is 13.5 Å². The second-order valence-corrected chi connectivity index (χ2v) is 5.24. The first-order valence-electron chi connectivity index (χ1n) is 6.11. The first-order valence-corrected chi connectivity index (χ1v) is 6.83. The minimum atomic E-state index is -0.780. The van der Waals surface area contributed by atoms with E-state index in [4.69, 9.17) is 28.1 Å². The Labute approximate surface area is 130 Å². The van der Waals surface area contributed by atoms with Crippen LogP contribution in [0.25, 0.3) is 5.76 Å². The van der Waals surface area contributed by atoms with Gasteiger partial charge in [-0.15, -0.1) is 0 Å². The summed E-state index contributed by atoms with van der Waals surface area (Å²) in [6, 6.07) is 8.36. The monoisotopic (exact) mass is 327 g/mol. The van der Waals surface area contributed by atoms with Gasteiger partial charge in [-0.3, -0.25) is 4.42 Å². The van der Waals surface area contributed by atoms with Gasteiger partial charge in [-0.05, 0) is 30.3 Å². The van der Waals surface area contributed by atoms with E-state index >= 15 is 0 Å². The Morgan fingerprint density at radius 3 is 2.71 bits per heavy atom. The van der Waals surface area contributed by atoms with Crippen LogP contribution in [0.5, 0.6) is 5.75 Å². The Morgan fingerprint density at radius 2 is 1.95 bits per heavy atom. The highest BCUT2D eigenvalue weighted by Gasteiger charge is 2.22. The SMILES string of the molecule is Fc1ccc(OC2=CCN(Cl)c3cccc(Cl)c32)c(F)c1. The van der Waals surface area contributed by atoms with Crippen LogP contribution >= 0.6 is 23.4 Å². The minimum absolute atomic E-state index is 0.0726. The van der Waals surface area contributed by atoms with Crippen LogP contribution in [0.15, 0.2) is 42.5 Å². The van der Waals surface area contributed by atoms with Crippen LogP contribution < -0.4 is 9.16 Å². The van der Waals surface area contributed by atoms with Crippen LogP contribution in [-0.2, 0) is 0 Å². The Hall–Kier alpha value is -1.78. The number of benzene rings is 2. The molecule has 0 atom stereocenters. The zero-order valence-electron chi connectivity index (χ0n) is 10.6. The van der Waals surface area contributed by atoms with Crippen molar-refractivity contribution in [2.45, 2.75) is 0 Å². The summed E-state index contributed by atoms with van der Waals surface area (Å²) in [5.74, 6) is -1.13. The van der Waals surface area contributed by atoms with Crippen molar-refractivity contribution in [1.29, 1.82) is 0 Å². The number of hydrogen-bond acceptors (Lipinski definition) is 2. The molecule has 108 valence electrons. The summed E-state index contributed by atoms with van der Waals surface area (Å²) in [5, 5.41) is 0.437. The fourth-order valence-electron chi connectivity index (χ4n) is 2.09. The van der Waals surface area contributed by atoms with Gasteiger partial charge in [-0.25, -0.2) is 8.78 Å². The predicted octanol–water partition coefficient (Wildman–Crippen LogP) is 5.01. The summed E-state index contributed by atoms with van der Waals surface area (Å²) in [6.07, 6.45) is 1.68. The summed E-state index contributed by atoms with van der Waals surface area (Å²) in [5.41, 5.74) is 1.24. The van der Waals surface area contributed by atoms with E-state index in [1.165, 1.54) is 10.5 Å². The lowest BCUT2D eigenvalue weighted by Gasteiger charge is -2.25. The molecule has 0 saturated carbocycles. The molecule has 1 heterocycles. The van der Waals surface area contributed by atoms with E-state index in [2.05, 4.69) is 0 Å². The molecule has 3 rings (SSSR count). The highest BCUT2D eigenvalue weighted by molar-refractivity contribution is 6.34. The van der Waals surface area contributed by atoms with Gasteiger partial charge in [0.1, 0.15) is 11.6 Å². The molecule has 21 heavy (non-hydrogen) atoms. The molecule has 0 bridgehead atoms. The average Bonchev–Trinajstić information content (AvgIpc) is 2.45. The van der Waals surface area contributed by atoms with Crippen molar-refractivity contribution >= 4 is 34.8 Å². The second kappa shape index (κ2) is 5.54. The van der Waals surface area contributed by atoms with Crippen LogP contribution in [0.4, 0.5) is 14.5 Å². The van der Waals surface area contributed by atoms with Crippen LogP contribution in [-0.4, -0.2) is 6.54 Å². The number of fused-ring (bicyclic) bond motifs is 1. The maximum absolute atomic E-state index is 13.7. The van der Waals surface area contributed by atoms with Gasteiger partial charge in [0.25, 0.3) is 0 Å². The average molecular weight is 328 g/mol. The molecule has 0 unspecified atom stereocenters. The van der Waals surface area contributed by atoms with Gasteiger partial charge >= 0.3 is 0 Å². The van der Waals surface area contributed by atoms with Crippen molar-refractivity contribution in [2.75, 3.05) is 11.0 Å². The molecule has 0 saturated heterocycles. The summed E-state index contributed by atoms with van der Waals surface area (Å²) >= 11 is 12.3. The number of nitrogens with zero attached hydrogens (tertiary/aromatic N) is 1. The number of halogens is 4. The first-order chi connectivity index (χ1) is 10.1. The number of anilines is 1. The maximum Gasteiger partial charge on any atom is 0.168 e. The molecule has 0 radical (unpaired) electrons. The molecule has 0 aromatic heterocycles. The highest BCUT2D eigenvalue weighted by atomic mass is 35.5. The lowest BCUT2D eigenvalue weighted by atomic mass is 10.1. The van der Waals surface area contributed by atoms with Crippen LogP contribution in [0.3, 0.4) is 0 Å². The third-order valence-electron chi connectivity index (χ3n) is 3.05. The Kier molecular flexibility index (Phi) is 3.74. The topological polar surface area (TPSA) is 12.5 Å². The molecule has 2 aromatic carbocycles. The highest BCUT2D eigenvalue weighted by Crippen LogP contribution is 2.38. The van der Waals surface area contributed by atoms with E-state index in [0.29, 0.717) is 28.6 Å². The molecule has 0 N–H and O–H groups in total. The molecule has 6 heteroatoms. The van der Waals surface area contributed by atoms with Crippen molar-refractivity contribution in [3.8, 4) is 5.75 Å². The molecular formula is C15H9Cl2F2NO. The van der Waals surface area contributed by atoms with Crippen molar-refractivity contribution in [2.24, 2.45) is 0 Å². The van der Waals surface area contributed by atoms with Gasteiger partial charge in [0.15, 0.2) is 11.6 Å². The number of ether oxygens (including phenoxy) is 1. The molecule has 2 nitrogen and oxygen atoms in total. The molecular weight excluding hydrogens is 319 g/mol. The predicted molar refractivity (Wildman–Crippen MR) is 79.6 cm³/mol. The fourth-order valence-corrected chi connectivity index (χ4v) is 2.56. The fraction of sp³-hybridized carbons (Fsp3) is 0.0667. The molecule has 1 aliphatic rings. The molecule has 1 aliphatic heterocycles. The largest absolute Gasteiger partial charge is 0.454 e. The Bertz CT molecular complexity index is 734. The molecule has 0 fully saturated rings. The maximum atomic E-state index is 13.7.